The predicted molar refractivity (Wildman–Crippen MR) is 95.5 cm³/mol. The van der Waals surface area contributed by atoms with Gasteiger partial charge in [-0.05, 0) is 56.6 Å². The van der Waals surface area contributed by atoms with Crippen LogP contribution in [0.5, 0.6) is 0 Å². The highest BCUT2D eigenvalue weighted by atomic mass is 19.1. The average molecular weight is 378 g/mol. The second-order valence-electron chi connectivity index (χ2n) is 9.47. The van der Waals surface area contributed by atoms with E-state index < -0.39 is 46.0 Å². The average Bonchev–Trinajstić information content (AvgIpc) is 2.79. The van der Waals surface area contributed by atoms with Gasteiger partial charge in [-0.15, -0.1) is 0 Å². The number of carbonyl (C=O) groups is 2. The number of halogens is 1. The Balaban J connectivity index is 1.85. The molecule has 0 spiro atoms. The van der Waals surface area contributed by atoms with E-state index in [9.17, 15) is 24.9 Å². The SMILES string of the molecule is CC1CC2C3CCC4=CC(=O)C=CC4(C)C3(F)C(O)CC2(C)C1(O)C(=O)O. The van der Waals surface area contributed by atoms with Crippen molar-refractivity contribution in [3.8, 4) is 0 Å². The predicted octanol–water partition coefficient (Wildman–Crippen LogP) is 2.42. The monoisotopic (exact) mass is 378 g/mol. The molecule has 4 aliphatic carbocycles. The Labute approximate surface area is 158 Å². The van der Waals surface area contributed by atoms with Gasteiger partial charge < -0.3 is 15.3 Å². The maximum Gasteiger partial charge on any atom is 0.336 e. The molecule has 0 aromatic rings. The van der Waals surface area contributed by atoms with E-state index in [2.05, 4.69) is 0 Å². The molecule has 0 aromatic heterocycles. The number of carboxylic acids is 1. The molecular weight excluding hydrogens is 351 g/mol. The van der Waals surface area contributed by atoms with Gasteiger partial charge in [0, 0.05) is 16.7 Å². The summed E-state index contributed by atoms with van der Waals surface area (Å²) in [6, 6.07) is 0. The third-order valence-electron chi connectivity index (χ3n) is 8.55. The Morgan fingerprint density at radius 3 is 2.59 bits per heavy atom. The highest BCUT2D eigenvalue weighted by Gasteiger charge is 2.76. The summed E-state index contributed by atoms with van der Waals surface area (Å²) in [5.74, 6) is -2.94. The summed E-state index contributed by atoms with van der Waals surface area (Å²) in [6.07, 6.45) is 4.22. The van der Waals surface area contributed by atoms with Gasteiger partial charge in [0.25, 0.3) is 0 Å². The summed E-state index contributed by atoms with van der Waals surface area (Å²) in [6.45, 7) is 5.10. The van der Waals surface area contributed by atoms with Crippen LogP contribution in [-0.2, 0) is 9.59 Å². The highest BCUT2D eigenvalue weighted by Crippen LogP contribution is 2.70. The van der Waals surface area contributed by atoms with Crippen molar-refractivity contribution in [2.24, 2.45) is 28.6 Å². The maximum atomic E-state index is 16.8. The Morgan fingerprint density at radius 2 is 1.96 bits per heavy atom. The van der Waals surface area contributed by atoms with Gasteiger partial charge in [0.05, 0.1) is 6.10 Å². The first-order chi connectivity index (χ1) is 12.4. The van der Waals surface area contributed by atoms with Crippen molar-refractivity contribution in [1.82, 2.24) is 0 Å². The Hall–Kier alpha value is -1.53. The highest BCUT2D eigenvalue weighted by molar-refractivity contribution is 6.01. The Morgan fingerprint density at radius 1 is 1.30 bits per heavy atom. The van der Waals surface area contributed by atoms with Crippen LogP contribution in [0.25, 0.3) is 0 Å². The molecule has 3 N–H and O–H groups in total. The van der Waals surface area contributed by atoms with E-state index in [1.54, 1.807) is 26.8 Å². The number of rotatable bonds is 1. The summed E-state index contributed by atoms with van der Waals surface area (Å²) in [5, 5.41) is 31.9. The number of hydrogen-bond donors (Lipinski definition) is 3. The standard InChI is InChI=1S/C21H27FO5/c1-11-8-15-14-5-4-12-9-13(23)6-7-18(12,2)20(14,22)16(24)10-19(15,3)21(11,27)17(25)26/h6-7,9,11,14-16,24,27H,4-5,8,10H2,1-3H3,(H,25,26). The van der Waals surface area contributed by atoms with E-state index in [0.717, 1.165) is 0 Å². The molecule has 0 aliphatic heterocycles. The summed E-state index contributed by atoms with van der Waals surface area (Å²) in [7, 11) is 0. The molecular formula is C21H27FO5. The zero-order chi connectivity index (χ0) is 20.0. The number of allylic oxidation sites excluding steroid dienone is 4. The van der Waals surface area contributed by atoms with Gasteiger partial charge in [-0.2, -0.15) is 0 Å². The van der Waals surface area contributed by atoms with Crippen LogP contribution in [0.3, 0.4) is 0 Å². The quantitative estimate of drug-likeness (QED) is 0.651. The van der Waals surface area contributed by atoms with Gasteiger partial charge in [0.15, 0.2) is 17.1 Å². The molecule has 0 saturated heterocycles. The van der Waals surface area contributed by atoms with Crippen LogP contribution in [0.4, 0.5) is 4.39 Å². The molecule has 148 valence electrons. The van der Waals surface area contributed by atoms with E-state index >= 15 is 4.39 Å². The molecule has 0 heterocycles. The molecule has 5 nitrogen and oxygen atoms in total. The van der Waals surface area contributed by atoms with Gasteiger partial charge in [-0.3, -0.25) is 4.79 Å². The molecule has 8 unspecified atom stereocenters. The van der Waals surface area contributed by atoms with E-state index in [0.29, 0.717) is 24.8 Å². The number of hydrogen-bond acceptors (Lipinski definition) is 4. The minimum Gasteiger partial charge on any atom is -0.479 e. The first-order valence-electron chi connectivity index (χ1n) is 9.70. The van der Waals surface area contributed by atoms with Crippen molar-refractivity contribution in [2.75, 3.05) is 0 Å². The molecule has 0 bridgehead atoms. The zero-order valence-electron chi connectivity index (χ0n) is 15.9. The Kier molecular flexibility index (Phi) is 3.69. The van der Waals surface area contributed by atoms with Gasteiger partial charge in [0.2, 0.25) is 0 Å². The largest absolute Gasteiger partial charge is 0.479 e. The fraction of sp³-hybridized carbons (Fsp3) is 0.714. The van der Waals surface area contributed by atoms with Gasteiger partial charge in [0.1, 0.15) is 0 Å². The molecule has 0 aromatic carbocycles. The molecule has 6 heteroatoms. The van der Waals surface area contributed by atoms with Crippen molar-refractivity contribution in [2.45, 2.75) is 63.8 Å². The van der Waals surface area contributed by atoms with Crippen LogP contribution in [-0.4, -0.2) is 44.4 Å². The zero-order valence-corrected chi connectivity index (χ0v) is 15.9. The number of aliphatic hydroxyl groups is 2. The topological polar surface area (TPSA) is 94.8 Å². The smallest absolute Gasteiger partial charge is 0.336 e. The normalized spacial score (nSPS) is 54.0. The minimum absolute atomic E-state index is 0.123. The van der Waals surface area contributed by atoms with Gasteiger partial charge >= 0.3 is 5.97 Å². The fourth-order valence-corrected chi connectivity index (χ4v) is 7.00. The fourth-order valence-electron chi connectivity index (χ4n) is 7.00. The number of ketones is 1. The number of alkyl halides is 1. The van der Waals surface area contributed by atoms with Gasteiger partial charge in [-0.1, -0.05) is 25.5 Å². The summed E-state index contributed by atoms with van der Waals surface area (Å²) in [5.41, 5.74) is -5.51. The number of fused-ring (bicyclic) bond motifs is 5. The maximum absolute atomic E-state index is 16.8. The molecule has 0 radical (unpaired) electrons. The molecule has 4 aliphatic rings. The van der Waals surface area contributed by atoms with Crippen molar-refractivity contribution in [1.29, 1.82) is 0 Å². The second-order valence-corrected chi connectivity index (χ2v) is 9.47. The van der Waals surface area contributed by atoms with Crippen molar-refractivity contribution in [3.05, 3.63) is 23.8 Å². The lowest BCUT2D eigenvalue weighted by molar-refractivity contribution is -0.225. The lowest BCUT2D eigenvalue weighted by Gasteiger charge is -2.62. The lowest BCUT2D eigenvalue weighted by atomic mass is 9.45. The molecule has 0 amide bonds. The van der Waals surface area contributed by atoms with Crippen molar-refractivity contribution >= 4 is 11.8 Å². The van der Waals surface area contributed by atoms with Crippen LogP contribution >= 0.6 is 0 Å². The molecule has 3 saturated carbocycles. The Bertz CT molecular complexity index is 789. The summed E-state index contributed by atoms with van der Waals surface area (Å²) in [4.78, 5) is 23.8. The van der Waals surface area contributed by atoms with Crippen LogP contribution in [0.2, 0.25) is 0 Å². The number of aliphatic carboxylic acids is 1. The van der Waals surface area contributed by atoms with Crippen LogP contribution in [0.15, 0.2) is 23.8 Å². The van der Waals surface area contributed by atoms with Crippen LogP contribution in [0.1, 0.15) is 46.5 Å². The number of aliphatic hydroxyl groups excluding tert-OH is 1. The molecule has 8 atom stereocenters. The first kappa shape index (κ1) is 18.8. The van der Waals surface area contributed by atoms with Crippen LogP contribution < -0.4 is 0 Å². The lowest BCUT2D eigenvalue weighted by Crippen LogP contribution is -2.69. The number of carbonyl (C=O) groups excluding carboxylic acids is 1. The van der Waals surface area contributed by atoms with Crippen LogP contribution in [0, 0.1) is 28.6 Å². The minimum atomic E-state index is -2.00. The first-order valence-corrected chi connectivity index (χ1v) is 9.70. The molecule has 27 heavy (non-hydrogen) atoms. The summed E-state index contributed by atoms with van der Waals surface area (Å²) < 4.78 is 16.8. The molecule has 4 rings (SSSR count). The van der Waals surface area contributed by atoms with E-state index in [4.69, 9.17) is 0 Å². The third-order valence-corrected chi connectivity index (χ3v) is 8.55. The van der Waals surface area contributed by atoms with E-state index in [-0.39, 0.29) is 18.1 Å². The summed E-state index contributed by atoms with van der Waals surface area (Å²) >= 11 is 0. The second kappa shape index (κ2) is 5.29. The van der Waals surface area contributed by atoms with E-state index in [1.807, 2.05) is 0 Å². The van der Waals surface area contributed by atoms with E-state index in [1.165, 1.54) is 12.2 Å². The van der Waals surface area contributed by atoms with Crippen molar-refractivity contribution < 1.29 is 29.3 Å². The third kappa shape index (κ3) is 1.91. The van der Waals surface area contributed by atoms with Crippen molar-refractivity contribution in [3.63, 3.8) is 0 Å². The number of carboxylic acid groups (broad SMARTS) is 1. The van der Waals surface area contributed by atoms with Gasteiger partial charge in [-0.25, -0.2) is 9.18 Å². The molecule has 3 fully saturated rings.